The number of nitrogens with zero attached hydrogens (tertiary/aromatic N) is 2. The van der Waals surface area contributed by atoms with Gasteiger partial charge >= 0.3 is 5.97 Å². The minimum atomic E-state index is -1.38. The molecule has 2 heterocycles. The number of carboxylic acid groups (broad SMARTS) is 1. The molecule has 0 radical (unpaired) electrons. The number of piperidine rings is 1. The fourth-order valence-electron chi connectivity index (χ4n) is 3.89. The maximum atomic E-state index is 12.9. The summed E-state index contributed by atoms with van der Waals surface area (Å²) in [5.74, 6) is -0.721. The highest BCUT2D eigenvalue weighted by Crippen LogP contribution is 2.36. The topological polar surface area (TPSA) is 104 Å². The van der Waals surface area contributed by atoms with Crippen LogP contribution in [-0.4, -0.2) is 51.3 Å². The first-order valence-corrected chi connectivity index (χ1v) is 10.0. The first-order valence-electron chi connectivity index (χ1n) is 10.0. The van der Waals surface area contributed by atoms with Crippen molar-refractivity contribution in [3.63, 3.8) is 0 Å². The molecule has 2 N–H and O–H groups in total. The molecule has 0 spiro atoms. The van der Waals surface area contributed by atoms with E-state index in [9.17, 15) is 19.8 Å². The molecule has 1 aliphatic rings. The zero-order valence-electron chi connectivity index (χ0n) is 16.9. The van der Waals surface area contributed by atoms with Gasteiger partial charge in [-0.1, -0.05) is 49.3 Å². The van der Waals surface area contributed by atoms with Gasteiger partial charge in [0.1, 0.15) is 11.2 Å². The van der Waals surface area contributed by atoms with Crippen molar-refractivity contribution in [1.82, 2.24) is 10.1 Å². The van der Waals surface area contributed by atoms with Crippen LogP contribution in [0.1, 0.15) is 60.8 Å². The lowest BCUT2D eigenvalue weighted by atomic mass is 9.73. The molecule has 156 valence electrons. The monoisotopic (exact) mass is 400 g/mol. The van der Waals surface area contributed by atoms with Crippen molar-refractivity contribution >= 4 is 11.9 Å². The Morgan fingerprint density at radius 1 is 1.31 bits per heavy atom. The van der Waals surface area contributed by atoms with Crippen molar-refractivity contribution in [2.45, 2.75) is 51.6 Å². The Bertz CT molecular complexity index is 848. The quantitative estimate of drug-likeness (QED) is 0.740. The zero-order valence-corrected chi connectivity index (χ0v) is 16.9. The molecule has 0 aliphatic carbocycles. The van der Waals surface area contributed by atoms with Crippen LogP contribution in [-0.2, 0) is 11.2 Å². The summed E-state index contributed by atoms with van der Waals surface area (Å²) in [4.78, 5) is 26.5. The molecule has 7 heteroatoms. The van der Waals surface area contributed by atoms with Crippen molar-refractivity contribution in [2.24, 2.45) is 5.41 Å². The second kappa shape index (κ2) is 8.78. The molecule has 1 saturated heterocycles. The molecule has 1 aliphatic heterocycles. The van der Waals surface area contributed by atoms with Crippen LogP contribution in [0.2, 0.25) is 0 Å². The highest BCUT2D eigenvalue weighted by molar-refractivity contribution is 5.93. The molecule has 1 fully saturated rings. The molecule has 1 amide bonds. The van der Waals surface area contributed by atoms with E-state index in [1.165, 1.54) is 4.90 Å². The van der Waals surface area contributed by atoms with Gasteiger partial charge < -0.3 is 19.6 Å². The SMILES string of the molecule is CC(C)c1cc(C(=O)N2CC[C@@H](O)[C@](CCCc3ccccc3)(C(=O)O)C2)no1. The Kier molecular flexibility index (Phi) is 6.37. The molecule has 0 unspecified atom stereocenters. The molecule has 1 aromatic heterocycles. The summed E-state index contributed by atoms with van der Waals surface area (Å²) in [6.45, 7) is 4.13. The van der Waals surface area contributed by atoms with Crippen LogP contribution in [0.3, 0.4) is 0 Å². The van der Waals surface area contributed by atoms with Gasteiger partial charge in [-0.3, -0.25) is 9.59 Å². The second-order valence-electron chi connectivity index (χ2n) is 8.10. The summed E-state index contributed by atoms with van der Waals surface area (Å²) in [6, 6.07) is 11.4. The third-order valence-corrected chi connectivity index (χ3v) is 5.74. The van der Waals surface area contributed by atoms with Crippen LogP contribution in [0.15, 0.2) is 40.9 Å². The van der Waals surface area contributed by atoms with Gasteiger partial charge in [-0.15, -0.1) is 0 Å². The number of rotatable bonds is 7. The normalized spacial score (nSPS) is 22.1. The number of aliphatic hydroxyl groups excluding tert-OH is 1. The highest BCUT2D eigenvalue weighted by Gasteiger charge is 2.50. The lowest BCUT2D eigenvalue weighted by Crippen LogP contribution is -2.57. The van der Waals surface area contributed by atoms with Crippen LogP contribution in [0.4, 0.5) is 0 Å². The van der Waals surface area contributed by atoms with E-state index in [2.05, 4.69) is 5.16 Å². The molecule has 3 rings (SSSR count). The number of hydrogen-bond acceptors (Lipinski definition) is 5. The minimum Gasteiger partial charge on any atom is -0.481 e. The lowest BCUT2D eigenvalue weighted by Gasteiger charge is -2.43. The molecule has 2 aromatic rings. The second-order valence-corrected chi connectivity index (χ2v) is 8.10. The van der Waals surface area contributed by atoms with Crippen LogP contribution < -0.4 is 0 Å². The standard InChI is InChI=1S/C22H28N2O5/c1-15(2)18-13-17(23-29-18)20(26)24-12-10-19(25)22(14-24,21(27)28)11-6-9-16-7-4-3-5-8-16/h3-5,7-8,13,15,19,25H,6,9-12,14H2,1-2H3,(H,27,28)/t19-,22-/m1/s1. The summed E-state index contributed by atoms with van der Waals surface area (Å²) in [5.41, 5.74) is -0.0865. The number of carbonyl (C=O) groups is 2. The molecular formula is C22H28N2O5. The zero-order chi connectivity index (χ0) is 21.0. The maximum Gasteiger partial charge on any atom is 0.314 e. The molecule has 0 saturated carbocycles. The first-order chi connectivity index (χ1) is 13.8. The Morgan fingerprint density at radius 3 is 2.66 bits per heavy atom. The van der Waals surface area contributed by atoms with Crippen molar-refractivity contribution < 1.29 is 24.3 Å². The number of benzene rings is 1. The Morgan fingerprint density at radius 2 is 2.03 bits per heavy atom. The number of aliphatic carboxylic acids is 1. The molecule has 1 aromatic carbocycles. The summed E-state index contributed by atoms with van der Waals surface area (Å²) in [7, 11) is 0. The van der Waals surface area contributed by atoms with Crippen LogP contribution in [0.25, 0.3) is 0 Å². The number of aromatic nitrogens is 1. The van der Waals surface area contributed by atoms with E-state index in [-0.39, 0.29) is 43.5 Å². The van der Waals surface area contributed by atoms with Gasteiger partial charge in [0, 0.05) is 25.1 Å². The first kappa shape index (κ1) is 21.0. The van der Waals surface area contributed by atoms with Crippen LogP contribution in [0, 0.1) is 5.41 Å². The highest BCUT2D eigenvalue weighted by atomic mass is 16.5. The molecule has 2 atom stereocenters. The summed E-state index contributed by atoms with van der Waals surface area (Å²) >= 11 is 0. The Balaban J connectivity index is 1.73. The van der Waals surface area contributed by atoms with E-state index in [0.29, 0.717) is 12.2 Å². The predicted molar refractivity (Wildman–Crippen MR) is 107 cm³/mol. The number of likely N-dealkylation sites (tertiary alicyclic amines) is 1. The summed E-state index contributed by atoms with van der Waals surface area (Å²) in [5, 5.41) is 24.4. The summed E-state index contributed by atoms with van der Waals surface area (Å²) < 4.78 is 5.21. The molecule has 29 heavy (non-hydrogen) atoms. The van der Waals surface area contributed by atoms with Crippen molar-refractivity contribution in [1.29, 1.82) is 0 Å². The number of amides is 1. The van der Waals surface area contributed by atoms with E-state index in [0.717, 1.165) is 12.0 Å². The van der Waals surface area contributed by atoms with Gasteiger partial charge in [0.25, 0.3) is 5.91 Å². The van der Waals surface area contributed by atoms with E-state index in [4.69, 9.17) is 4.52 Å². The predicted octanol–water partition coefficient (Wildman–Crippen LogP) is 3.10. The van der Waals surface area contributed by atoms with Crippen molar-refractivity contribution in [3.8, 4) is 0 Å². The van der Waals surface area contributed by atoms with Gasteiger partial charge in [0.15, 0.2) is 5.69 Å². The molecule has 0 bridgehead atoms. The molecular weight excluding hydrogens is 372 g/mol. The summed E-state index contributed by atoms with van der Waals surface area (Å²) in [6.07, 6.45) is 0.841. The Hall–Kier alpha value is -2.67. The van der Waals surface area contributed by atoms with Crippen molar-refractivity contribution in [3.05, 3.63) is 53.4 Å². The number of carboxylic acids is 1. The van der Waals surface area contributed by atoms with Gasteiger partial charge in [0.2, 0.25) is 0 Å². The number of carbonyl (C=O) groups excluding carboxylic acids is 1. The van der Waals surface area contributed by atoms with Gasteiger partial charge in [-0.05, 0) is 31.2 Å². The van der Waals surface area contributed by atoms with Crippen LogP contribution in [0.5, 0.6) is 0 Å². The number of aryl methyl sites for hydroxylation is 1. The fraction of sp³-hybridized carbons (Fsp3) is 0.500. The van der Waals surface area contributed by atoms with E-state index >= 15 is 0 Å². The third kappa shape index (κ3) is 4.50. The third-order valence-electron chi connectivity index (χ3n) is 5.74. The average molecular weight is 400 g/mol. The molecule has 7 nitrogen and oxygen atoms in total. The van der Waals surface area contributed by atoms with E-state index < -0.39 is 17.5 Å². The largest absolute Gasteiger partial charge is 0.481 e. The van der Waals surface area contributed by atoms with E-state index in [1.54, 1.807) is 6.07 Å². The van der Waals surface area contributed by atoms with Gasteiger partial charge in [0.05, 0.1) is 6.10 Å². The van der Waals surface area contributed by atoms with Gasteiger partial charge in [-0.25, -0.2) is 0 Å². The smallest absolute Gasteiger partial charge is 0.314 e. The van der Waals surface area contributed by atoms with Crippen LogP contribution >= 0.6 is 0 Å². The number of aliphatic hydroxyl groups is 1. The van der Waals surface area contributed by atoms with E-state index in [1.807, 2.05) is 44.2 Å². The Labute approximate surface area is 170 Å². The fourth-order valence-corrected chi connectivity index (χ4v) is 3.89. The maximum absolute atomic E-state index is 12.9. The lowest BCUT2D eigenvalue weighted by molar-refractivity contribution is -0.162. The van der Waals surface area contributed by atoms with Gasteiger partial charge in [-0.2, -0.15) is 0 Å². The number of hydrogen-bond donors (Lipinski definition) is 2. The van der Waals surface area contributed by atoms with Crippen molar-refractivity contribution in [2.75, 3.05) is 13.1 Å². The average Bonchev–Trinajstić information content (AvgIpc) is 3.20. The minimum absolute atomic E-state index is 0.0407.